The second-order valence-electron chi connectivity index (χ2n) is 7.46. The van der Waals surface area contributed by atoms with Crippen LogP contribution >= 0.6 is 24.0 Å². The molecule has 0 spiro atoms. The van der Waals surface area contributed by atoms with Gasteiger partial charge in [0.05, 0.1) is 13.2 Å². The number of alkyl carbamates (subject to hydrolysis) is 1. The van der Waals surface area contributed by atoms with Crippen LogP contribution in [0, 0.1) is 0 Å². The van der Waals surface area contributed by atoms with Crippen molar-refractivity contribution in [3.05, 3.63) is 23.8 Å². The Morgan fingerprint density at radius 2 is 1.81 bits per heavy atom. The van der Waals surface area contributed by atoms with Gasteiger partial charge in [-0.25, -0.2) is 9.79 Å². The van der Waals surface area contributed by atoms with Crippen LogP contribution in [0.4, 0.5) is 13.6 Å². The third-order valence-electron chi connectivity index (χ3n) is 3.63. The number of benzene rings is 1. The molecule has 0 atom stereocenters. The lowest BCUT2D eigenvalue weighted by Crippen LogP contribution is -2.39. The van der Waals surface area contributed by atoms with Gasteiger partial charge in [-0.3, -0.25) is 0 Å². The molecule has 0 unspecified atom stereocenters. The minimum absolute atomic E-state index is 0. The Labute approximate surface area is 205 Å². The molecule has 1 rings (SSSR count). The van der Waals surface area contributed by atoms with Crippen molar-refractivity contribution in [2.24, 2.45) is 4.99 Å². The molecular formula is C21H35F2IN4O4. The predicted molar refractivity (Wildman–Crippen MR) is 131 cm³/mol. The monoisotopic (exact) mass is 572 g/mol. The van der Waals surface area contributed by atoms with Crippen molar-refractivity contribution in [2.75, 3.05) is 26.2 Å². The van der Waals surface area contributed by atoms with Gasteiger partial charge in [-0.05, 0) is 47.1 Å². The van der Waals surface area contributed by atoms with E-state index >= 15 is 0 Å². The fourth-order valence-corrected chi connectivity index (χ4v) is 2.48. The highest BCUT2D eigenvalue weighted by Crippen LogP contribution is 2.33. The number of halogens is 3. The average molecular weight is 572 g/mol. The predicted octanol–water partition coefficient (Wildman–Crippen LogP) is 4.27. The smallest absolute Gasteiger partial charge is 0.407 e. The van der Waals surface area contributed by atoms with Gasteiger partial charge in [0.15, 0.2) is 17.5 Å². The molecule has 184 valence electrons. The molecule has 0 aliphatic rings. The highest BCUT2D eigenvalue weighted by atomic mass is 127. The summed E-state index contributed by atoms with van der Waals surface area (Å²) in [6.45, 7) is 8.17. The highest BCUT2D eigenvalue weighted by Gasteiger charge is 2.16. The molecule has 3 N–H and O–H groups in total. The number of amides is 1. The fraction of sp³-hybridized carbons (Fsp3) is 0.619. The Kier molecular flexibility index (Phi) is 14.7. The van der Waals surface area contributed by atoms with E-state index in [2.05, 4.69) is 25.7 Å². The van der Waals surface area contributed by atoms with Gasteiger partial charge in [-0.15, -0.1) is 24.0 Å². The topological polar surface area (TPSA) is 93.2 Å². The van der Waals surface area contributed by atoms with Gasteiger partial charge in [0.2, 0.25) is 0 Å². The first kappa shape index (κ1) is 29.9. The molecule has 0 saturated heterocycles. The Hall–Kier alpha value is -2.05. The van der Waals surface area contributed by atoms with Gasteiger partial charge in [-0.1, -0.05) is 12.1 Å². The van der Waals surface area contributed by atoms with Crippen molar-refractivity contribution in [1.29, 1.82) is 0 Å². The summed E-state index contributed by atoms with van der Waals surface area (Å²) in [6.07, 6.45) is 0.178. The van der Waals surface area contributed by atoms with E-state index in [0.717, 1.165) is 0 Å². The molecule has 1 aromatic carbocycles. The Morgan fingerprint density at radius 3 is 2.41 bits per heavy atom. The number of aliphatic imine (C=N–C) groups is 1. The zero-order valence-electron chi connectivity index (χ0n) is 19.3. The number of carbonyl (C=O) groups excluding carboxylic acids is 1. The van der Waals surface area contributed by atoms with Crippen molar-refractivity contribution in [3.63, 3.8) is 0 Å². The second-order valence-corrected chi connectivity index (χ2v) is 7.46. The largest absolute Gasteiger partial charge is 0.490 e. The lowest BCUT2D eigenvalue weighted by Gasteiger charge is -2.19. The van der Waals surface area contributed by atoms with Gasteiger partial charge < -0.3 is 30.2 Å². The van der Waals surface area contributed by atoms with Crippen LogP contribution < -0.4 is 25.4 Å². The molecule has 11 heteroatoms. The van der Waals surface area contributed by atoms with Crippen molar-refractivity contribution >= 4 is 36.0 Å². The van der Waals surface area contributed by atoms with Crippen LogP contribution in [-0.2, 0) is 11.3 Å². The summed E-state index contributed by atoms with van der Waals surface area (Å²) in [7, 11) is 0. The Morgan fingerprint density at radius 1 is 1.12 bits per heavy atom. The Balaban J connectivity index is 0.00000961. The number of alkyl halides is 2. The van der Waals surface area contributed by atoms with E-state index in [0.29, 0.717) is 44.2 Å². The highest BCUT2D eigenvalue weighted by molar-refractivity contribution is 14.0. The van der Waals surface area contributed by atoms with E-state index in [1.807, 2.05) is 6.92 Å². The molecule has 0 saturated carbocycles. The van der Waals surface area contributed by atoms with E-state index < -0.39 is 18.3 Å². The number of rotatable bonds is 11. The van der Waals surface area contributed by atoms with Crippen LogP contribution in [0.25, 0.3) is 0 Å². The summed E-state index contributed by atoms with van der Waals surface area (Å²) >= 11 is 0. The Bertz CT molecular complexity index is 716. The van der Waals surface area contributed by atoms with Crippen LogP contribution in [0.2, 0.25) is 0 Å². The van der Waals surface area contributed by atoms with Gasteiger partial charge in [0.1, 0.15) is 5.60 Å². The third kappa shape index (κ3) is 12.7. The first-order valence-corrected chi connectivity index (χ1v) is 10.3. The average Bonchev–Trinajstić information content (AvgIpc) is 2.66. The van der Waals surface area contributed by atoms with Gasteiger partial charge in [0.25, 0.3) is 0 Å². The molecule has 0 radical (unpaired) electrons. The molecule has 32 heavy (non-hydrogen) atoms. The van der Waals surface area contributed by atoms with Crippen LogP contribution in [0.15, 0.2) is 23.2 Å². The summed E-state index contributed by atoms with van der Waals surface area (Å²) < 4.78 is 40.9. The summed E-state index contributed by atoms with van der Waals surface area (Å²) in [5.41, 5.74) is -0.0606. The number of hydrogen-bond acceptors (Lipinski definition) is 5. The number of guanidine groups is 1. The number of nitrogens with one attached hydrogen (secondary N) is 3. The number of nitrogens with zero attached hydrogens (tertiary/aromatic N) is 1. The van der Waals surface area contributed by atoms with Gasteiger partial charge in [0, 0.05) is 25.2 Å². The molecule has 0 aliphatic heterocycles. The lowest BCUT2D eigenvalue weighted by atomic mass is 10.2. The maximum Gasteiger partial charge on any atom is 0.407 e. The van der Waals surface area contributed by atoms with E-state index in [-0.39, 0.29) is 42.0 Å². The SMILES string of the molecule is CCNC(=NCc1cccc(OCC)c1OC(F)F)NCCCNC(=O)OC(C)(C)C.I. The maximum atomic E-state index is 12.9. The summed E-state index contributed by atoms with van der Waals surface area (Å²) in [5, 5.41) is 8.91. The molecular weight excluding hydrogens is 537 g/mol. The van der Waals surface area contributed by atoms with E-state index in [1.165, 1.54) is 0 Å². The van der Waals surface area contributed by atoms with Crippen molar-refractivity contribution in [3.8, 4) is 11.5 Å². The van der Waals surface area contributed by atoms with Gasteiger partial charge in [-0.2, -0.15) is 8.78 Å². The molecule has 0 fully saturated rings. The minimum Gasteiger partial charge on any atom is -0.490 e. The summed E-state index contributed by atoms with van der Waals surface area (Å²) in [5.74, 6) is 0.756. The van der Waals surface area contributed by atoms with Crippen molar-refractivity contribution in [1.82, 2.24) is 16.0 Å². The molecule has 0 bridgehead atoms. The number of carbonyl (C=O) groups is 1. The van der Waals surface area contributed by atoms with Crippen LogP contribution in [0.5, 0.6) is 11.5 Å². The van der Waals surface area contributed by atoms with E-state index in [9.17, 15) is 13.6 Å². The molecule has 0 aliphatic carbocycles. The van der Waals surface area contributed by atoms with E-state index in [1.54, 1.807) is 45.9 Å². The van der Waals surface area contributed by atoms with Crippen LogP contribution in [-0.4, -0.2) is 50.5 Å². The van der Waals surface area contributed by atoms with Gasteiger partial charge >= 0.3 is 12.7 Å². The van der Waals surface area contributed by atoms with E-state index in [4.69, 9.17) is 9.47 Å². The minimum atomic E-state index is -2.96. The molecule has 1 aromatic rings. The standard InChI is InChI=1S/C21H34F2N4O4.HI/c1-6-24-19(25-12-9-13-26-20(28)31-21(3,4)5)27-14-15-10-8-11-16(29-7-2)17(15)30-18(22)23;/h8,10-11,18H,6-7,9,12-14H2,1-5H3,(H,26,28)(H2,24,25,27);1H. The first-order chi connectivity index (χ1) is 14.7. The molecule has 1 amide bonds. The molecule has 0 heterocycles. The lowest BCUT2D eigenvalue weighted by molar-refractivity contribution is -0.0520. The van der Waals surface area contributed by atoms with Crippen molar-refractivity contribution < 1.29 is 27.8 Å². The summed E-state index contributed by atoms with van der Waals surface area (Å²) in [4.78, 5) is 16.1. The maximum absolute atomic E-state index is 12.9. The fourth-order valence-electron chi connectivity index (χ4n) is 2.48. The van der Waals surface area contributed by atoms with Crippen molar-refractivity contribution in [2.45, 2.75) is 59.8 Å². The normalized spacial score (nSPS) is 11.4. The third-order valence-corrected chi connectivity index (χ3v) is 3.63. The zero-order chi connectivity index (χ0) is 23.3. The zero-order valence-corrected chi connectivity index (χ0v) is 21.6. The molecule has 8 nitrogen and oxygen atoms in total. The second kappa shape index (κ2) is 15.7. The number of hydrogen-bond donors (Lipinski definition) is 3. The van der Waals surface area contributed by atoms with Crippen LogP contribution in [0.1, 0.15) is 46.6 Å². The number of para-hydroxylation sites is 1. The molecule has 0 aromatic heterocycles. The number of ether oxygens (including phenoxy) is 3. The summed E-state index contributed by atoms with van der Waals surface area (Å²) in [6, 6.07) is 4.95. The first-order valence-electron chi connectivity index (χ1n) is 10.3. The van der Waals surface area contributed by atoms with Crippen LogP contribution in [0.3, 0.4) is 0 Å². The quantitative estimate of drug-likeness (QED) is 0.159.